The molecule has 0 unspecified atom stereocenters. The summed E-state index contributed by atoms with van der Waals surface area (Å²) in [5, 5.41) is 9.28. The Morgan fingerprint density at radius 2 is 0.825 bits per heavy atom. The first kappa shape index (κ1) is 32.8. The second kappa shape index (κ2) is 13.6. The van der Waals surface area contributed by atoms with E-state index in [4.69, 9.17) is 4.42 Å². The highest BCUT2D eigenvalue weighted by Gasteiger charge is 2.28. The fraction of sp³-hybridized carbons (Fsp3) is 0. The van der Waals surface area contributed by atoms with Crippen molar-refractivity contribution in [1.29, 1.82) is 0 Å². The molecule has 0 aliphatic heterocycles. The monoisotopic (exact) mass is 728 g/mol. The van der Waals surface area contributed by atoms with Crippen LogP contribution < -0.4 is 9.80 Å². The van der Waals surface area contributed by atoms with Gasteiger partial charge in [-0.1, -0.05) is 152 Å². The van der Waals surface area contributed by atoms with Gasteiger partial charge in [0.05, 0.1) is 5.69 Å². The molecule has 0 saturated heterocycles. The van der Waals surface area contributed by atoms with E-state index in [1.54, 1.807) is 0 Å². The second-order valence-corrected chi connectivity index (χ2v) is 14.6. The average molecular weight is 729 g/mol. The highest BCUT2D eigenvalue weighted by atomic mass is 16.3. The number of benzene rings is 10. The maximum absolute atomic E-state index is 7.16. The van der Waals surface area contributed by atoms with Crippen molar-refractivity contribution in [2.45, 2.75) is 0 Å². The summed E-state index contributed by atoms with van der Waals surface area (Å²) in [6.07, 6.45) is 0. The lowest BCUT2D eigenvalue weighted by Gasteiger charge is -2.33. The van der Waals surface area contributed by atoms with Crippen LogP contribution in [0.4, 0.5) is 34.1 Å². The Morgan fingerprint density at radius 3 is 1.51 bits per heavy atom. The van der Waals surface area contributed by atoms with Gasteiger partial charge in [-0.3, -0.25) is 0 Å². The standard InChI is InChI=1S/C54H36N2O/c1-3-13-37(14-4-1)40-23-28-45(29-24-40)56(47-31-26-39-16-8-10-19-43(39)36-47)53-50(33-32-49-52-48-22-12-11-17-41(48)27-34-51(52)57-54(49)53)55(44-20-5-2-6-21-44)46-30-25-38-15-7-9-18-42(38)35-46/h1-36H. The molecule has 0 fully saturated rings. The molecule has 0 spiro atoms. The van der Waals surface area contributed by atoms with Gasteiger partial charge in [0.2, 0.25) is 0 Å². The normalized spacial score (nSPS) is 11.5. The van der Waals surface area contributed by atoms with Crippen LogP contribution in [0, 0.1) is 0 Å². The highest BCUT2D eigenvalue weighted by molar-refractivity contribution is 6.22. The number of hydrogen-bond acceptors (Lipinski definition) is 3. The largest absolute Gasteiger partial charge is 0.454 e. The van der Waals surface area contributed by atoms with E-state index in [1.807, 2.05) is 0 Å². The zero-order valence-corrected chi connectivity index (χ0v) is 31.1. The topological polar surface area (TPSA) is 19.6 Å². The van der Waals surface area contributed by atoms with Crippen molar-refractivity contribution in [2.24, 2.45) is 0 Å². The molecule has 0 aliphatic rings. The molecule has 11 rings (SSSR count). The number of hydrogen-bond donors (Lipinski definition) is 0. The molecular weight excluding hydrogens is 693 g/mol. The Hall–Kier alpha value is -7.62. The van der Waals surface area contributed by atoms with Crippen LogP contribution in [0.3, 0.4) is 0 Å². The number of para-hydroxylation sites is 1. The van der Waals surface area contributed by atoms with Crippen molar-refractivity contribution < 1.29 is 4.42 Å². The third-order valence-electron chi connectivity index (χ3n) is 11.2. The first-order valence-corrected chi connectivity index (χ1v) is 19.4. The van der Waals surface area contributed by atoms with E-state index in [9.17, 15) is 0 Å². The quantitative estimate of drug-likeness (QED) is 0.163. The zero-order chi connectivity index (χ0) is 37.7. The van der Waals surface area contributed by atoms with Crippen LogP contribution in [0.2, 0.25) is 0 Å². The van der Waals surface area contributed by atoms with Crippen LogP contribution in [-0.2, 0) is 0 Å². The maximum atomic E-state index is 7.16. The molecule has 0 radical (unpaired) electrons. The number of anilines is 6. The number of rotatable bonds is 7. The molecule has 11 aromatic rings. The predicted octanol–water partition coefficient (Wildman–Crippen LogP) is 15.7. The third-order valence-corrected chi connectivity index (χ3v) is 11.2. The van der Waals surface area contributed by atoms with Gasteiger partial charge in [0, 0.05) is 33.5 Å². The summed E-state index contributed by atoms with van der Waals surface area (Å²) in [4.78, 5) is 4.76. The van der Waals surface area contributed by atoms with Gasteiger partial charge in [-0.2, -0.15) is 0 Å². The van der Waals surface area contributed by atoms with E-state index in [-0.39, 0.29) is 0 Å². The molecular formula is C54H36N2O. The van der Waals surface area contributed by atoms with Gasteiger partial charge in [-0.25, -0.2) is 0 Å². The molecule has 1 aromatic heterocycles. The van der Waals surface area contributed by atoms with Crippen LogP contribution in [-0.4, -0.2) is 0 Å². The molecule has 268 valence electrons. The second-order valence-electron chi connectivity index (χ2n) is 14.6. The first-order valence-electron chi connectivity index (χ1n) is 19.4. The van der Waals surface area contributed by atoms with E-state index in [2.05, 4.69) is 228 Å². The fourth-order valence-electron chi connectivity index (χ4n) is 8.46. The summed E-state index contributed by atoms with van der Waals surface area (Å²) in [6.45, 7) is 0. The lowest BCUT2D eigenvalue weighted by Crippen LogP contribution is -2.17. The van der Waals surface area contributed by atoms with Gasteiger partial charge in [0.1, 0.15) is 11.3 Å². The van der Waals surface area contributed by atoms with E-state index in [1.165, 1.54) is 37.9 Å². The van der Waals surface area contributed by atoms with Gasteiger partial charge in [-0.15, -0.1) is 0 Å². The molecule has 0 bridgehead atoms. The summed E-state index contributed by atoms with van der Waals surface area (Å²) < 4.78 is 7.16. The minimum atomic E-state index is 0.820. The van der Waals surface area contributed by atoms with Crippen molar-refractivity contribution in [1.82, 2.24) is 0 Å². The van der Waals surface area contributed by atoms with Crippen molar-refractivity contribution in [3.8, 4) is 11.1 Å². The van der Waals surface area contributed by atoms with Crippen molar-refractivity contribution in [2.75, 3.05) is 9.80 Å². The zero-order valence-electron chi connectivity index (χ0n) is 31.1. The fourth-order valence-corrected chi connectivity index (χ4v) is 8.46. The molecule has 10 aromatic carbocycles. The van der Waals surface area contributed by atoms with Crippen molar-refractivity contribution >= 4 is 88.4 Å². The van der Waals surface area contributed by atoms with Crippen LogP contribution in [0.25, 0.3) is 65.4 Å². The lowest BCUT2D eigenvalue weighted by molar-refractivity contribution is 0.669. The van der Waals surface area contributed by atoms with Gasteiger partial charge in [0.15, 0.2) is 5.58 Å². The van der Waals surface area contributed by atoms with E-state index in [0.29, 0.717) is 0 Å². The van der Waals surface area contributed by atoms with E-state index < -0.39 is 0 Å². The third kappa shape index (κ3) is 5.68. The highest BCUT2D eigenvalue weighted by Crippen LogP contribution is 2.52. The van der Waals surface area contributed by atoms with Gasteiger partial charge in [0.25, 0.3) is 0 Å². The Balaban J connectivity index is 1.25. The molecule has 1 heterocycles. The number of fused-ring (bicyclic) bond motifs is 7. The number of furan rings is 1. The van der Waals surface area contributed by atoms with Crippen molar-refractivity contribution in [3.05, 3.63) is 218 Å². The van der Waals surface area contributed by atoms with Crippen molar-refractivity contribution in [3.63, 3.8) is 0 Å². The van der Waals surface area contributed by atoms with Gasteiger partial charge < -0.3 is 14.2 Å². The molecule has 0 atom stereocenters. The molecule has 0 aliphatic carbocycles. The maximum Gasteiger partial charge on any atom is 0.161 e. The molecule has 57 heavy (non-hydrogen) atoms. The van der Waals surface area contributed by atoms with Crippen LogP contribution in [0.15, 0.2) is 223 Å². The Labute approximate surface area is 330 Å². The minimum absolute atomic E-state index is 0.820. The molecule has 0 amide bonds. The number of nitrogens with zero attached hydrogens (tertiary/aromatic N) is 2. The van der Waals surface area contributed by atoms with E-state index >= 15 is 0 Å². The van der Waals surface area contributed by atoms with Crippen LogP contribution >= 0.6 is 0 Å². The molecule has 0 N–H and O–H groups in total. The lowest BCUT2D eigenvalue weighted by atomic mass is 10.0. The Morgan fingerprint density at radius 1 is 0.316 bits per heavy atom. The molecule has 0 saturated carbocycles. The smallest absolute Gasteiger partial charge is 0.161 e. The summed E-state index contributed by atoms with van der Waals surface area (Å²) in [5.74, 6) is 0. The molecule has 3 nitrogen and oxygen atoms in total. The Bertz CT molecular complexity index is 3240. The SMILES string of the molecule is c1ccc(-c2ccc(N(c3ccc4ccccc4c3)c3c(N(c4ccccc4)c4ccc5ccccc5c4)ccc4c3oc3ccc5ccccc5c34)cc2)cc1. The summed E-state index contributed by atoms with van der Waals surface area (Å²) in [6, 6.07) is 78.2. The average Bonchev–Trinajstić information content (AvgIpc) is 3.67. The van der Waals surface area contributed by atoms with Gasteiger partial charge in [-0.05, 0) is 110 Å². The van der Waals surface area contributed by atoms with Gasteiger partial charge >= 0.3 is 0 Å². The van der Waals surface area contributed by atoms with Crippen LogP contribution in [0.5, 0.6) is 0 Å². The first-order chi connectivity index (χ1) is 28.3. The predicted molar refractivity (Wildman–Crippen MR) is 241 cm³/mol. The minimum Gasteiger partial charge on any atom is -0.454 e. The van der Waals surface area contributed by atoms with Crippen LogP contribution in [0.1, 0.15) is 0 Å². The summed E-state index contributed by atoms with van der Waals surface area (Å²) in [5.41, 5.74) is 10.1. The molecule has 3 heteroatoms. The Kier molecular flexibility index (Phi) is 7.82. The summed E-state index contributed by atoms with van der Waals surface area (Å²) >= 11 is 0. The summed E-state index contributed by atoms with van der Waals surface area (Å²) in [7, 11) is 0. The van der Waals surface area contributed by atoms with E-state index in [0.717, 1.165) is 61.6 Å².